The number of benzene rings is 1. The molecule has 0 fully saturated rings. The van der Waals surface area contributed by atoms with Crippen LogP contribution in [0.4, 0.5) is 0 Å². The monoisotopic (exact) mass is 274 g/mol. The van der Waals surface area contributed by atoms with E-state index in [-0.39, 0.29) is 5.69 Å². The van der Waals surface area contributed by atoms with Gasteiger partial charge in [-0.05, 0) is 56.5 Å². The van der Waals surface area contributed by atoms with E-state index in [1.165, 1.54) is 0 Å². The number of nitrogens with zero attached hydrogens (tertiary/aromatic N) is 1. The summed E-state index contributed by atoms with van der Waals surface area (Å²) in [6, 6.07) is 3.53. The maximum atomic E-state index is 10.9. The zero-order chi connectivity index (χ0) is 14.9. The smallest absolute Gasteiger partial charge is 0.353 e. The summed E-state index contributed by atoms with van der Waals surface area (Å²) in [5.41, 5.74) is 4.76. The number of rotatable bonds is 4. The summed E-state index contributed by atoms with van der Waals surface area (Å²) in [4.78, 5) is 10.9. The summed E-state index contributed by atoms with van der Waals surface area (Å²) in [7, 11) is 0. The van der Waals surface area contributed by atoms with Gasteiger partial charge in [0.2, 0.25) is 0 Å². The molecule has 0 unspecified atom stereocenters. The Morgan fingerprint density at radius 2 is 2.00 bits per heavy atom. The van der Waals surface area contributed by atoms with E-state index < -0.39 is 5.97 Å². The van der Waals surface area contributed by atoms with Crippen LogP contribution in [0.5, 0.6) is 5.75 Å². The standard InChI is InChI=1S/C15H18N2O3/c1-5-20-14-8(2)6-11(9(3)10(14)4)12-7-13(15(18)19)17-16-12/h6-7H,5H2,1-4H3,(H,16,17)(H,18,19). The minimum atomic E-state index is -1.01. The van der Waals surface area contributed by atoms with Gasteiger partial charge in [0.15, 0.2) is 0 Å². The Kier molecular flexibility index (Phi) is 3.79. The Hall–Kier alpha value is -2.30. The number of hydrogen-bond acceptors (Lipinski definition) is 3. The van der Waals surface area contributed by atoms with Gasteiger partial charge in [0, 0.05) is 5.56 Å². The van der Waals surface area contributed by atoms with Gasteiger partial charge in [-0.3, -0.25) is 5.10 Å². The van der Waals surface area contributed by atoms with Gasteiger partial charge in [0.1, 0.15) is 11.4 Å². The van der Waals surface area contributed by atoms with Crippen molar-refractivity contribution in [1.82, 2.24) is 10.2 Å². The third-order valence-electron chi connectivity index (χ3n) is 3.40. The highest BCUT2D eigenvalue weighted by Crippen LogP contribution is 2.33. The summed E-state index contributed by atoms with van der Waals surface area (Å²) in [6.07, 6.45) is 0. The summed E-state index contributed by atoms with van der Waals surface area (Å²) in [5, 5.41) is 15.6. The summed E-state index contributed by atoms with van der Waals surface area (Å²) < 4.78 is 5.66. The average molecular weight is 274 g/mol. The zero-order valence-electron chi connectivity index (χ0n) is 12.1. The summed E-state index contributed by atoms with van der Waals surface area (Å²) >= 11 is 0. The molecule has 0 saturated carbocycles. The molecule has 5 nitrogen and oxygen atoms in total. The average Bonchev–Trinajstić information content (AvgIpc) is 2.88. The molecule has 0 spiro atoms. The molecule has 2 aromatic rings. The van der Waals surface area contributed by atoms with Crippen LogP contribution in [0.3, 0.4) is 0 Å². The predicted octanol–water partition coefficient (Wildman–Crippen LogP) is 3.10. The Morgan fingerprint density at radius 1 is 1.30 bits per heavy atom. The molecular formula is C15H18N2O3. The molecule has 0 aliphatic carbocycles. The maximum absolute atomic E-state index is 10.9. The van der Waals surface area contributed by atoms with E-state index in [0.29, 0.717) is 12.3 Å². The van der Waals surface area contributed by atoms with Crippen LogP contribution in [-0.4, -0.2) is 27.9 Å². The molecule has 0 aliphatic heterocycles. The number of nitrogens with one attached hydrogen (secondary N) is 1. The van der Waals surface area contributed by atoms with Crippen molar-refractivity contribution in [3.8, 4) is 17.0 Å². The Balaban J connectivity index is 2.54. The second-order valence-corrected chi connectivity index (χ2v) is 4.73. The highest BCUT2D eigenvalue weighted by atomic mass is 16.5. The van der Waals surface area contributed by atoms with Gasteiger partial charge in [-0.25, -0.2) is 4.79 Å². The molecular weight excluding hydrogens is 256 g/mol. The van der Waals surface area contributed by atoms with Crippen LogP contribution in [0.15, 0.2) is 12.1 Å². The van der Waals surface area contributed by atoms with Gasteiger partial charge in [-0.2, -0.15) is 5.10 Å². The Morgan fingerprint density at radius 3 is 2.55 bits per heavy atom. The minimum Gasteiger partial charge on any atom is -0.493 e. The second kappa shape index (κ2) is 5.36. The van der Waals surface area contributed by atoms with Crippen LogP contribution in [0, 0.1) is 20.8 Å². The van der Waals surface area contributed by atoms with Crippen LogP contribution < -0.4 is 4.74 Å². The van der Waals surface area contributed by atoms with E-state index in [1.807, 2.05) is 33.8 Å². The third kappa shape index (κ3) is 2.39. The predicted molar refractivity (Wildman–Crippen MR) is 76.4 cm³/mol. The molecule has 1 heterocycles. The van der Waals surface area contributed by atoms with E-state index in [1.54, 1.807) is 6.07 Å². The summed E-state index contributed by atoms with van der Waals surface area (Å²) in [6.45, 7) is 8.54. The van der Waals surface area contributed by atoms with E-state index in [4.69, 9.17) is 9.84 Å². The number of carbonyl (C=O) groups is 1. The van der Waals surface area contributed by atoms with Gasteiger partial charge >= 0.3 is 5.97 Å². The quantitative estimate of drug-likeness (QED) is 0.898. The van der Waals surface area contributed by atoms with Crippen molar-refractivity contribution in [2.24, 2.45) is 0 Å². The molecule has 5 heteroatoms. The molecule has 20 heavy (non-hydrogen) atoms. The number of aromatic carboxylic acids is 1. The van der Waals surface area contributed by atoms with Crippen molar-refractivity contribution >= 4 is 5.97 Å². The Labute approximate surface area is 117 Å². The zero-order valence-corrected chi connectivity index (χ0v) is 12.1. The van der Waals surface area contributed by atoms with Crippen molar-refractivity contribution in [2.75, 3.05) is 6.61 Å². The molecule has 1 aromatic heterocycles. The number of carboxylic acid groups (broad SMARTS) is 1. The lowest BCUT2D eigenvalue weighted by atomic mass is 9.96. The number of H-pyrrole nitrogens is 1. The first kappa shape index (κ1) is 14.1. The van der Waals surface area contributed by atoms with E-state index >= 15 is 0 Å². The van der Waals surface area contributed by atoms with Crippen LogP contribution in [0.1, 0.15) is 34.1 Å². The number of carboxylic acids is 1. The van der Waals surface area contributed by atoms with E-state index in [9.17, 15) is 4.79 Å². The lowest BCUT2D eigenvalue weighted by Gasteiger charge is -2.15. The maximum Gasteiger partial charge on any atom is 0.353 e. The first-order valence-corrected chi connectivity index (χ1v) is 6.48. The molecule has 2 N–H and O–H groups in total. The van der Waals surface area contributed by atoms with Gasteiger partial charge < -0.3 is 9.84 Å². The lowest BCUT2D eigenvalue weighted by Crippen LogP contribution is -2.00. The van der Waals surface area contributed by atoms with Crippen molar-refractivity contribution in [1.29, 1.82) is 0 Å². The number of aromatic nitrogens is 2. The largest absolute Gasteiger partial charge is 0.493 e. The highest BCUT2D eigenvalue weighted by molar-refractivity contribution is 5.87. The van der Waals surface area contributed by atoms with E-state index in [2.05, 4.69) is 10.2 Å². The normalized spacial score (nSPS) is 10.6. The highest BCUT2D eigenvalue weighted by Gasteiger charge is 2.16. The second-order valence-electron chi connectivity index (χ2n) is 4.73. The van der Waals surface area contributed by atoms with Gasteiger partial charge in [0.25, 0.3) is 0 Å². The topological polar surface area (TPSA) is 75.2 Å². The summed E-state index contributed by atoms with van der Waals surface area (Å²) in [5.74, 6) is -0.122. The first-order valence-electron chi connectivity index (χ1n) is 6.48. The molecule has 0 aliphatic rings. The van der Waals surface area contributed by atoms with Crippen molar-refractivity contribution in [2.45, 2.75) is 27.7 Å². The molecule has 0 atom stereocenters. The number of ether oxygens (including phenoxy) is 1. The molecule has 1 aromatic carbocycles. The fourth-order valence-electron chi connectivity index (χ4n) is 2.26. The molecule has 0 amide bonds. The number of hydrogen-bond donors (Lipinski definition) is 2. The van der Waals surface area contributed by atoms with E-state index in [0.717, 1.165) is 28.0 Å². The minimum absolute atomic E-state index is 0.0867. The van der Waals surface area contributed by atoms with Gasteiger partial charge in [0.05, 0.1) is 12.3 Å². The molecule has 2 rings (SSSR count). The molecule has 0 radical (unpaired) electrons. The van der Waals surface area contributed by atoms with Crippen molar-refractivity contribution in [3.63, 3.8) is 0 Å². The fourth-order valence-corrected chi connectivity index (χ4v) is 2.26. The van der Waals surface area contributed by atoms with Crippen LogP contribution in [-0.2, 0) is 0 Å². The van der Waals surface area contributed by atoms with Crippen LogP contribution in [0.2, 0.25) is 0 Å². The van der Waals surface area contributed by atoms with Crippen LogP contribution >= 0.6 is 0 Å². The fraction of sp³-hybridized carbons (Fsp3) is 0.333. The van der Waals surface area contributed by atoms with Gasteiger partial charge in [-0.1, -0.05) is 0 Å². The first-order chi connectivity index (χ1) is 9.45. The molecule has 106 valence electrons. The number of aryl methyl sites for hydroxylation is 1. The lowest BCUT2D eigenvalue weighted by molar-refractivity contribution is 0.0690. The third-order valence-corrected chi connectivity index (χ3v) is 3.40. The van der Waals surface area contributed by atoms with Gasteiger partial charge in [-0.15, -0.1) is 0 Å². The Bertz CT molecular complexity index is 659. The van der Waals surface area contributed by atoms with Crippen LogP contribution in [0.25, 0.3) is 11.3 Å². The molecule has 0 bridgehead atoms. The number of aromatic amines is 1. The molecule has 0 saturated heterocycles. The van der Waals surface area contributed by atoms with Crippen molar-refractivity contribution in [3.05, 3.63) is 34.5 Å². The van der Waals surface area contributed by atoms with Crippen molar-refractivity contribution < 1.29 is 14.6 Å². The SMILES string of the molecule is CCOc1c(C)cc(-c2cc(C(=O)O)[nH]n2)c(C)c1C.